The Kier molecular flexibility index (Phi) is 9.21. The molecule has 1 aromatic carbocycles. The molecule has 0 bridgehead atoms. The number of hydrogen-bond donors (Lipinski definition) is 0. The Bertz CT molecular complexity index is 427. The molecule has 0 amide bonds. The van der Waals surface area contributed by atoms with E-state index in [2.05, 4.69) is 4.74 Å². The fourth-order valence-corrected chi connectivity index (χ4v) is 1.00. The molecule has 1 rings (SSSR count). The van der Waals surface area contributed by atoms with Gasteiger partial charge in [0.25, 0.3) is 0 Å². The van der Waals surface area contributed by atoms with Crippen LogP contribution in [0.4, 0.5) is 0 Å². The van der Waals surface area contributed by atoms with E-state index in [1.165, 1.54) is 12.2 Å². The van der Waals surface area contributed by atoms with Gasteiger partial charge < -0.3 is 6.16 Å². The van der Waals surface area contributed by atoms with Gasteiger partial charge in [0, 0.05) is 6.08 Å². The van der Waals surface area contributed by atoms with Crippen LogP contribution in [0.5, 0.6) is 0 Å². The van der Waals surface area contributed by atoms with E-state index >= 15 is 0 Å². The number of esters is 2. The molecule has 0 aliphatic carbocycles. The van der Waals surface area contributed by atoms with Crippen LogP contribution in [0.3, 0.4) is 0 Å². The fourth-order valence-electron chi connectivity index (χ4n) is 1.00. The van der Waals surface area contributed by atoms with Crippen molar-refractivity contribution >= 4 is 11.9 Å². The second-order valence-electron chi connectivity index (χ2n) is 2.96. The van der Waals surface area contributed by atoms with Gasteiger partial charge in [0.05, 0.1) is 5.56 Å². The molecule has 3 nitrogen and oxygen atoms in total. The molecule has 0 spiro atoms. The van der Waals surface area contributed by atoms with E-state index in [1.807, 2.05) is 6.92 Å². The van der Waals surface area contributed by atoms with Crippen LogP contribution in [0.15, 0.2) is 54.6 Å². The predicted molar refractivity (Wildman–Crippen MR) is 61.9 cm³/mol. The quantitative estimate of drug-likeness (QED) is 0.243. The van der Waals surface area contributed by atoms with E-state index in [-0.39, 0.29) is 52.8 Å². The Morgan fingerprint density at radius 1 is 1.18 bits per heavy atom. The first-order valence-corrected chi connectivity index (χ1v) is 4.84. The minimum Gasteiger partial charge on any atom is -1.00 e. The zero-order chi connectivity index (χ0) is 11.8. The van der Waals surface area contributed by atoms with Crippen LogP contribution < -0.4 is 51.4 Å². The minimum absolute atomic E-state index is 0. The van der Waals surface area contributed by atoms with Crippen molar-refractivity contribution in [3.8, 4) is 0 Å². The second kappa shape index (κ2) is 9.50. The largest absolute Gasteiger partial charge is 1.00 e. The summed E-state index contributed by atoms with van der Waals surface area (Å²) in [4.78, 5) is 22.5. The Balaban J connectivity index is 0. The van der Waals surface area contributed by atoms with Crippen molar-refractivity contribution in [2.75, 3.05) is 0 Å². The molecular formula is C13H13KO3. The van der Waals surface area contributed by atoms with Crippen molar-refractivity contribution in [1.82, 2.24) is 0 Å². The van der Waals surface area contributed by atoms with Crippen LogP contribution >= 0.6 is 0 Å². The fraction of sp³-hybridized carbons (Fsp3) is 0.0769. The van der Waals surface area contributed by atoms with Crippen LogP contribution in [0.1, 0.15) is 18.7 Å². The van der Waals surface area contributed by atoms with Crippen LogP contribution in [-0.4, -0.2) is 11.9 Å². The third-order valence-corrected chi connectivity index (χ3v) is 1.74. The first-order valence-electron chi connectivity index (χ1n) is 4.84. The summed E-state index contributed by atoms with van der Waals surface area (Å²) in [5.41, 5.74) is 0.357. The number of carbonyl (C=O) groups excluding carboxylic acids is 2. The van der Waals surface area contributed by atoms with Crippen molar-refractivity contribution in [2.45, 2.75) is 6.92 Å². The number of rotatable bonds is 3. The van der Waals surface area contributed by atoms with Crippen molar-refractivity contribution in [1.29, 1.82) is 0 Å². The van der Waals surface area contributed by atoms with Crippen molar-refractivity contribution in [3.63, 3.8) is 0 Å². The maximum atomic E-state index is 11.4. The average Bonchev–Trinajstić information content (AvgIpc) is 2.30. The average molecular weight is 256 g/mol. The van der Waals surface area contributed by atoms with Gasteiger partial charge in [-0.2, -0.15) is 0 Å². The van der Waals surface area contributed by atoms with Gasteiger partial charge in [0.15, 0.2) is 0 Å². The normalized spacial score (nSPS) is 10.2. The van der Waals surface area contributed by atoms with E-state index in [4.69, 9.17) is 0 Å². The summed E-state index contributed by atoms with van der Waals surface area (Å²) in [6, 6.07) is 8.37. The molecule has 17 heavy (non-hydrogen) atoms. The minimum atomic E-state index is -0.674. The van der Waals surface area contributed by atoms with Crippen LogP contribution in [0.25, 0.3) is 0 Å². The van der Waals surface area contributed by atoms with Crippen LogP contribution in [0, 0.1) is 0 Å². The third kappa shape index (κ3) is 6.70. The molecule has 84 valence electrons. The van der Waals surface area contributed by atoms with Crippen molar-refractivity contribution in [2.24, 2.45) is 0 Å². The van der Waals surface area contributed by atoms with E-state index in [1.54, 1.807) is 42.5 Å². The molecule has 0 saturated carbocycles. The summed E-state index contributed by atoms with van der Waals surface area (Å²) in [7, 11) is 0. The molecule has 1 aromatic rings. The van der Waals surface area contributed by atoms with Gasteiger partial charge in [-0.25, -0.2) is 9.59 Å². The van der Waals surface area contributed by atoms with Gasteiger partial charge >= 0.3 is 63.3 Å². The van der Waals surface area contributed by atoms with Gasteiger partial charge in [-0.3, -0.25) is 0 Å². The molecule has 0 radical (unpaired) electrons. The van der Waals surface area contributed by atoms with Gasteiger partial charge in [-0.1, -0.05) is 36.4 Å². The Morgan fingerprint density at radius 3 is 2.41 bits per heavy atom. The first kappa shape index (κ1) is 16.5. The maximum absolute atomic E-state index is 11.4. The molecular weight excluding hydrogens is 243 g/mol. The zero-order valence-corrected chi connectivity index (χ0v) is 13.0. The number of carbonyl (C=O) groups is 2. The maximum Gasteiger partial charge on any atom is 1.00 e. The zero-order valence-electron chi connectivity index (χ0n) is 10.9. The molecule has 0 aromatic heterocycles. The molecule has 0 atom stereocenters. The summed E-state index contributed by atoms with van der Waals surface area (Å²) in [6.07, 6.45) is 6.15. The van der Waals surface area contributed by atoms with E-state index in [0.717, 1.165) is 0 Å². The monoisotopic (exact) mass is 256 g/mol. The van der Waals surface area contributed by atoms with Crippen LogP contribution in [0.2, 0.25) is 0 Å². The summed E-state index contributed by atoms with van der Waals surface area (Å²) < 4.78 is 4.58. The molecule has 0 heterocycles. The molecule has 4 heteroatoms. The third-order valence-electron chi connectivity index (χ3n) is 1.74. The molecule has 0 aliphatic heterocycles. The van der Waals surface area contributed by atoms with Gasteiger partial charge in [0.2, 0.25) is 0 Å². The van der Waals surface area contributed by atoms with Crippen molar-refractivity contribution in [3.05, 3.63) is 60.2 Å². The topological polar surface area (TPSA) is 43.4 Å². The summed E-state index contributed by atoms with van der Waals surface area (Å²) in [5.74, 6) is -1.32. The predicted octanol–water partition coefficient (Wildman–Crippen LogP) is -0.381. The number of allylic oxidation sites excluding steroid dienone is 3. The molecule has 0 N–H and O–H groups in total. The summed E-state index contributed by atoms with van der Waals surface area (Å²) in [5, 5.41) is 0. The Labute approximate surface area is 144 Å². The first-order chi connectivity index (χ1) is 7.74. The van der Waals surface area contributed by atoms with Gasteiger partial charge in [-0.15, -0.1) is 0 Å². The van der Waals surface area contributed by atoms with Gasteiger partial charge in [-0.05, 0) is 19.1 Å². The van der Waals surface area contributed by atoms with E-state index in [9.17, 15) is 9.59 Å². The standard InChI is InChI=1S/C13H12O3.K.H/c1-2-3-5-10-12(14)16-13(15)11-8-6-4-7-9-11;;/h2-10H,1H3;;/q;+1;-1/b3-2+,10-5+;;. The molecule has 0 aliphatic rings. The van der Waals surface area contributed by atoms with E-state index in [0.29, 0.717) is 5.56 Å². The smallest absolute Gasteiger partial charge is 1.00 e. The Morgan fingerprint density at radius 2 is 1.82 bits per heavy atom. The van der Waals surface area contributed by atoms with Crippen molar-refractivity contribution < 1.29 is 67.1 Å². The molecule has 0 saturated heterocycles. The summed E-state index contributed by atoms with van der Waals surface area (Å²) in [6.45, 7) is 1.82. The molecule has 0 fully saturated rings. The second-order valence-corrected chi connectivity index (χ2v) is 2.96. The van der Waals surface area contributed by atoms with E-state index < -0.39 is 11.9 Å². The number of ether oxygens (including phenoxy) is 1. The Hall–Kier alpha value is -0.524. The number of benzene rings is 1. The van der Waals surface area contributed by atoms with Crippen LogP contribution in [-0.2, 0) is 9.53 Å². The van der Waals surface area contributed by atoms with Gasteiger partial charge in [0.1, 0.15) is 0 Å². The summed E-state index contributed by atoms with van der Waals surface area (Å²) >= 11 is 0. The molecule has 0 unspecified atom stereocenters. The SMILES string of the molecule is C/C=C/C=C/C(=O)OC(=O)c1ccccc1.[H-].[K+]. The number of hydrogen-bond acceptors (Lipinski definition) is 3.